The zero-order valence-electron chi connectivity index (χ0n) is 15.7. The smallest absolute Gasteiger partial charge is 0.241 e. The molecule has 2 aromatic carbocycles. The normalized spacial score (nSPS) is 11.9. The average Bonchev–Trinajstić information content (AvgIpc) is 3.36. The van der Waals surface area contributed by atoms with Gasteiger partial charge in [-0.1, -0.05) is 24.3 Å². The number of nitrogens with zero attached hydrogens (tertiary/aromatic N) is 3. The van der Waals surface area contributed by atoms with Crippen LogP contribution in [0.25, 0.3) is 22.4 Å². The monoisotopic (exact) mass is 431 g/mol. The molecule has 30 heavy (non-hydrogen) atoms. The molecule has 0 fully saturated rings. The van der Waals surface area contributed by atoms with Gasteiger partial charge in [0.2, 0.25) is 0 Å². The van der Waals surface area contributed by atoms with Gasteiger partial charge in [0.1, 0.15) is 5.82 Å². The van der Waals surface area contributed by atoms with E-state index in [-0.39, 0.29) is 16.2 Å². The summed E-state index contributed by atoms with van der Waals surface area (Å²) in [4.78, 5) is -0.0574. The highest BCUT2D eigenvalue weighted by Crippen LogP contribution is 2.30. The number of aryl methyl sites for hydroxylation is 1. The fourth-order valence-electron chi connectivity index (χ4n) is 3.18. The number of aromatic nitrogens is 3. The molecule has 5 nitrogen and oxygen atoms in total. The SMILES string of the molecule is Cc1cc(-c2ccccc2F)n(S(=O)(=O)c2cccc(-c3cnn(C(F)F)c3)c2)c1. The maximum Gasteiger partial charge on any atom is 0.333 e. The van der Waals surface area contributed by atoms with E-state index in [1.807, 2.05) is 0 Å². The van der Waals surface area contributed by atoms with Gasteiger partial charge < -0.3 is 0 Å². The van der Waals surface area contributed by atoms with Crippen molar-refractivity contribution < 1.29 is 21.6 Å². The molecule has 0 radical (unpaired) electrons. The molecule has 2 aromatic heterocycles. The van der Waals surface area contributed by atoms with Crippen LogP contribution in [0.4, 0.5) is 13.2 Å². The summed E-state index contributed by atoms with van der Waals surface area (Å²) in [7, 11) is -4.08. The lowest BCUT2D eigenvalue weighted by atomic mass is 10.1. The van der Waals surface area contributed by atoms with Crippen LogP contribution >= 0.6 is 0 Å². The van der Waals surface area contributed by atoms with Gasteiger partial charge in [-0.25, -0.2) is 21.5 Å². The molecule has 0 bridgehead atoms. The van der Waals surface area contributed by atoms with Gasteiger partial charge in [-0.2, -0.15) is 13.9 Å². The maximum absolute atomic E-state index is 14.3. The van der Waals surface area contributed by atoms with E-state index in [4.69, 9.17) is 0 Å². The lowest BCUT2D eigenvalue weighted by Gasteiger charge is -2.12. The van der Waals surface area contributed by atoms with E-state index < -0.39 is 22.4 Å². The second-order valence-corrected chi connectivity index (χ2v) is 8.51. The number of rotatable bonds is 5. The van der Waals surface area contributed by atoms with E-state index in [1.165, 1.54) is 48.8 Å². The Balaban J connectivity index is 1.81. The number of alkyl halides is 2. The highest BCUT2D eigenvalue weighted by molar-refractivity contribution is 7.90. The molecule has 0 amide bonds. The molecule has 2 heterocycles. The standard InChI is InChI=1S/C21H16F3N3O2S/c1-14-9-20(18-7-2-3-8-19(18)22)27(12-14)30(28,29)17-6-4-5-15(10-17)16-11-25-26(13-16)21(23)24/h2-13,21H,1H3. The zero-order valence-corrected chi connectivity index (χ0v) is 16.5. The van der Waals surface area contributed by atoms with Gasteiger partial charge in [0.05, 0.1) is 16.8 Å². The summed E-state index contributed by atoms with van der Waals surface area (Å²) in [5.41, 5.74) is 1.76. The molecule has 0 saturated heterocycles. The first-order chi connectivity index (χ1) is 14.3. The average molecular weight is 431 g/mol. The van der Waals surface area contributed by atoms with Crippen LogP contribution in [0.3, 0.4) is 0 Å². The van der Waals surface area contributed by atoms with E-state index in [2.05, 4.69) is 5.10 Å². The van der Waals surface area contributed by atoms with Crippen LogP contribution in [0.5, 0.6) is 0 Å². The van der Waals surface area contributed by atoms with E-state index in [0.717, 1.165) is 10.2 Å². The molecule has 0 aliphatic heterocycles. The highest BCUT2D eigenvalue weighted by Gasteiger charge is 2.23. The predicted octanol–water partition coefficient (Wildman–Crippen LogP) is 5.10. The Kier molecular flexibility index (Phi) is 4.98. The van der Waals surface area contributed by atoms with Gasteiger partial charge in [-0.05, 0) is 48.4 Å². The van der Waals surface area contributed by atoms with Crippen LogP contribution in [0.2, 0.25) is 0 Å². The van der Waals surface area contributed by atoms with Crippen molar-refractivity contribution in [2.75, 3.05) is 0 Å². The third-order valence-electron chi connectivity index (χ3n) is 4.60. The summed E-state index contributed by atoms with van der Waals surface area (Å²) < 4.78 is 68.1. The van der Waals surface area contributed by atoms with Crippen LogP contribution in [0.1, 0.15) is 12.1 Å². The molecule has 0 spiro atoms. The molecule has 9 heteroatoms. The zero-order chi connectivity index (χ0) is 21.5. The van der Waals surface area contributed by atoms with Crippen molar-refractivity contribution in [1.82, 2.24) is 13.8 Å². The van der Waals surface area contributed by atoms with Crippen LogP contribution < -0.4 is 0 Å². The Labute approximate surface area is 171 Å². The van der Waals surface area contributed by atoms with Crippen LogP contribution in [-0.2, 0) is 10.0 Å². The van der Waals surface area contributed by atoms with Gasteiger partial charge >= 0.3 is 6.55 Å². The summed E-state index contributed by atoms with van der Waals surface area (Å²) in [6.07, 6.45) is 3.79. The molecule has 154 valence electrons. The van der Waals surface area contributed by atoms with Gasteiger partial charge in [0, 0.05) is 23.5 Å². The van der Waals surface area contributed by atoms with E-state index in [9.17, 15) is 21.6 Å². The molecular weight excluding hydrogens is 415 g/mol. The lowest BCUT2D eigenvalue weighted by Crippen LogP contribution is -2.13. The fourth-order valence-corrected chi connectivity index (χ4v) is 4.65. The minimum absolute atomic E-state index is 0.0574. The first-order valence-electron chi connectivity index (χ1n) is 8.89. The molecule has 0 saturated carbocycles. The third-order valence-corrected chi connectivity index (χ3v) is 6.27. The van der Waals surface area contributed by atoms with E-state index >= 15 is 0 Å². The number of hydrogen-bond acceptors (Lipinski definition) is 3. The lowest BCUT2D eigenvalue weighted by molar-refractivity contribution is 0.0566. The van der Waals surface area contributed by atoms with Crippen molar-refractivity contribution in [3.05, 3.63) is 84.6 Å². The largest absolute Gasteiger partial charge is 0.333 e. The Morgan fingerprint density at radius 1 is 0.967 bits per heavy atom. The van der Waals surface area contributed by atoms with Crippen molar-refractivity contribution in [3.63, 3.8) is 0 Å². The van der Waals surface area contributed by atoms with Crippen LogP contribution in [0.15, 0.2) is 78.1 Å². The van der Waals surface area contributed by atoms with E-state index in [0.29, 0.717) is 21.4 Å². The molecule has 0 aliphatic carbocycles. The Bertz CT molecular complexity index is 1330. The maximum atomic E-state index is 14.3. The number of halogens is 3. The molecule has 4 aromatic rings. The fraction of sp³-hybridized carbons (Fsp3) is 0.0952. The van der Waals surface area contributed by atoms with Crippen LogP contribution in [0, 0.1) is 12.7 Å². The van der Waals surface area contributed by atoms with E-state index in [1.54, 1.807) is 25.1 Å². The van der Waals surface area contributed by atoms with Crippen molar-refractivity contribution in [2.45, 2.75) is 18.4 Å². The van der Waals surface area contributed by atoms with Crippen molar-refractivity contribution in [3.8, 4) is 22.4 Å². The molecular formula is C21H16F3N3O2S. The van der Waals surface area contributed by atoms with Crippen molar-refractivity contribution in [1.29, 1.82) is 0 Å². The minimum atomic E-state index is -4.08. The van der Waals surface area contributed by atoms with Crippen molar-refractivity contribution in [2.24, 2.45) is 0 Å². The molecule has 0 aliphatic rings. The van der Waals surface area contributed by atoms with Gasteiger partial charge in [-0.15, -0.1) is 0 Å². The predicted molar refractivity (Wildman–Crippen MR) is 106 cm³/mol. The second-order valence-electron chi connectivity index (χ2n) is 6.70. The van der Waals surface area contributed by atoms with Gasteiger partial charge in [0.25, 0.3) is 10.0 Å². The van der Waals surface area contributed by atoms with Crippen molar-refractivity contribution >= 4 is 10.0 Å². The summed E-state index contributed by atoms with van der Waals surface area (Å²) in [5.74, 6) is -0.541. The molecule has 0 N–H and O–H groups in total. The quantitative estimate of drug-likeness (QED) is 0.442. The highest BCUT2D eigenvalue weighted by atomic mass is 32.2. The number of benzene rings is 2. The first-order valence-corrected chi connectivity index (χ1v) is 10.3. The summed E-state index contributed by atoms with van der Waals surface area (Å²) >= 11 is 0. The Hall–Kier alpha value is -3.33. The first kappa shape index (κ1) is 20.0. The summed E-state index contributed by atoms with van der Waals surface area (Å²) in [6, 6.07) is 13.4. The Morgan fingerprint density at radius 2 is 1.73 bits per heavy atom. The summed E-state index contributed by atoms with van der Waals surface area (Å²) in [6.45, 7) is -1.08. The molecule has 0 atom stereocenters. The van der Waals surface area contributed by atoms with Crippen LogP contribution in [-0.4, -0.2) is 22.2 Å². The third kappa shape index (κ3) is 3.52. The van der Waals surface area contributed by atoms with Gasteiger partial charge in [-0.3, -0.25) is 0 Å². The second kappa shape index (κ2) is 7.49. The topological polar surface area (TPSA) is 56.9 Å². The molecule has 0 unspecified atom stereocenters. The number of hydrogen-bond donors (Lipinski definition) is 0. The Morgan fingerprint density at radius 3 is 2.43 bits per heavy atom. The summed E-state index contributed by atoms with van der Waals surface area (Å²) in [5, 5.41) is 3.58. The van der Waals surface area contributed by atoms with Gasteiger partial charge in [0.15, 0.2) is 0 Å². The minimum Gasteiger partial charge on any atom is -0.241 e. The molecule has 4 rings (SSSR count).